The van der Waals surface area contributed by atoms with Crippen LogP contribution in [0.15, 0.2) is 0 Å². The SMILES string of the molecule is [Cl][Pb][Cl].[Pb]. The van der Waals surface area contributed by atoms with E-state index in [9.17, 15) is 0 Å². The van der Waals surface area contributed by atoms with Crippen LogP contribution in [0.25, 0.3) is 0 Å². The zero-order chi connectivity index (χ0) is 2.71. The van der Waals surface area contributed by atoms with Gasteiger partial charge in [0.1, 0.15) is 0 Å². The van der Waals surface area contributed by atoms with Crippen LogP contribution in [-0.4, -0.2) is 49.1 Å². The van der Waals surface area contributed by atoms with Crippen LogP contribution in [0.3, 0.4) is 0 Å². The fourth-order valence-corrected chi connectivity index (χ4v) is 0. The maximum Gasteiger partial charge on any atom is 0 e. The molecule has 0 saturated heterocycles. The summed E-state index contributed by atoms with van der Waals surface area (Å²) in [6.07, 6.45) is 0. The predicted octanol–water partition coefficient (Wildman–Crippen LogP) is 0.617. The molecule has 0 bridgehead atoms. The van der Waals surface area contributed by atoms with Crippen LogP contribution in [-0.2, 0) is 0 Å². The molecule has 0 fully saturated rings. The summed E-state index contributed by atoms with van der Waals surface area (Å²) in [6, 6.07) is 0. The van der Waals surface area contributed by atoms with Crippen LogP contribution in [0.4, 0.5) is 0 Å². The molecular weight excluding hydrogens is 485 g/mol. The summed E-state index contributed by atoms with van der Waals surface area (Å²) in [7, 11) is 9.92. The zero-order valence-corrected chi connectivity index (χ0v) is 11.0. The fraction of sp³-hybridized carbons (Fsp3) is 0. The Morgan fingerprint density at radius 1 is 1.25 bits per heavy atom. The van der Waals surface area contributed by atoms with Crippen molar-refractivity contribution in [2.75, 3.05) is 0 Å². The number of hydrogen-bond donors (Lipinski definition) is 0. The molecule has 0 heterocycles. The second-order valence-electron chi connectivity index (χ2n) is 0.0714. The van der Waals surface area contributed by atoms with E-state index in [1.165, 1.54) is 0 Å². The van der Waals surface area contributed by atoms with Gasteiger partial charge in [-0.15, -0.1) is 0 Å². The summed E-state index contributed by atoms with van der Waals surface area (Å²) < 4.78 is 0. The standard InChI is InChI=1S/2ClH.2Pb/h2*1H;;/q;;;+2/p-2. The molecule has 0 rings (SSSR count). The van der Waals surface area contributed by atoms with Crippen LogP contribution in [0.2, 0.25) is 0 Å². The van der Waals surface area contributed by atoms with E-state index in [1.54, 1.807) is 0 Å². The van der Waals surface area contributed by atoms with Crippen LogP contribution < -0.4 is 0 Å². The van der Waals surface area contributed by atoms with E-state index >= 15 is 0 Å². The summed E-state index contributed by atoms with van der Waals surface area (Å²) in [4.78, 5) is 0. The number of rotatable bonds is 0. The molecular formula is Cl2Pb2. The zero-order valence-electron chi connectivity index (χ0n) is 1.76. The summed E-state index contributed by atoms with van der Waals surface area (Å²) >= 11 is -0.972. The minimum absolute atomic E-state index is 0. The smallest absolute Gasteiger partial charge is 0 e. The largest absolute Gasteiger partial charge is 0 e. The molecule has 0 aliphatic heterocycles. The van der Waals surface area contributed by atoms with Crippen molar-refractivity contribution in [3.63, 3.8) is 0 Å². The third-order valence-corrected chi connectivity index (χ3v) is 0. The van der Waals surface area contributed by atoms with Crippen LogP contribution in [0, 0.1) is 0 Å². The van der Waals surface area contributed by atoms with Crippen molar-refractivity contribution in [2.24, 2.45) is 0 Å². The van der Waals surface area contributed by atoms with Gasteiger partial charge in [-0.05, 0) is 0 Å². The van der Waals surface area contributed by atoms with Gasteiger partial charge in [-0.1, -0.05) is 0 Å². The quantitative estimate of drug-likeness (QED) is 0.442. The third-order valence-electron chi connectivity index (χ3n) is 0. The van der Waals surface area contributed by atoms with Gasteiger partial charge in [-0.2, -0.15) is 0 Å². The molecule has 0 unspecified atom stereocenters. The van der Waals surface area contributed by atoms with E-state index in [0.717, 1.165) is 0 Å². The number of halogens is 2. The van der Waals surface area contributed by atoms with Gasteiger partial charge in [0.15, 0.2) is 0 Å². The number of hydrogen-bond acceptors (Lipinski definition) is 0. The summed E-state index contributed by atoms with van der Waals surface area (Å²) in [5, 5.41) is 0. The molecule has 0 N–H and O–H groups in total. The van der Waals surface area contributed by atoms with Gasteiger partial charge in [-0.25, -0.2) is 0 Å². The van der Waals surface area contributed by atoms with Crippen LogP contribution in [0.5, 0.6) is 0 Å². The van der Waals surface area contributed by atoms with E-state index in [1.807, 2.05) is 0 Å². The van der Waals surface area contributed by atoms with Gasteiger partial charge in [0, 0.05) is 27.3 Å². The minimum atomic E-state index is -0.972. The molecule has 0 atom stereocenters. The van der Waals surface area contributed by atoms with Crippen molar-refractivity contribution in [2.45, 2.75) is 0 Å². The van der Waals surface area contributed by atoms with E-state index in [-0.39, 0.29) is 27.3 Å². The first kappa shape index (κ1) is 9.66. The van der Waals surface area contributed by atoms with Crippen LogP contribution >= 0.6 is 16.6 Å². The van der Waals surface area contributed by atoms with E-state index in [0.29, 0.717) is 0 Å². The summed E-state index contributed by atoms with van der Waals surface area (Å²) in [6.45, 7) is 0. The average Bonchev–Trinajstić information content (AvgIpc) is 0.918. The van der Waals surface area contributed by atoms with Crippen molar-refractivity contribution in [1.29, 1.82) is 0 Å². The molecule has 4 heavy (non-hydrogen) atoms. The maximum atomic E-state index is 4.96. The Morgan fingerprint density at radius 2 is 1.25 bits per heavy atom. The molecule has 0 aromatic carbocycles. The maximum absolute atomic E-state index is 4.96. The van der Waals surface area contributed by atoms with Gasteiger partial charge in [-0.3, -0.25) is 0 Å². The Balaban J connectivity index is 0. The predicted molar refractivity (Wildman–Crippen MR) is 23.2 cm³/mol. The molecule has 4 heteroatoms. The Labute approximate surface area is 64.5 Å². The minimum Gasteiger partial charge on any atom is 0 e. The molecule has 0 amide bonds. The first-order valence-electron chi connectivity index (χ1n) is 0.378. The second-order valence-corrected chi connectivity index (χ2v) is 5.64. The van der Waals surface area contributed by atoms with Crippen molar-refractivity contribution < 1.29 is 0 Å². The summed E-state index contributed by atoms with van der Waals surface area (Å²) in [5.41, 5.74) is 0. The normalized spacial score (nSPS) is 4.50. The van der Waals surface area contributed by atoms with Crippen molar-refractivity contribution >= 4 is 65.7 Å². The van der Waals surface area contributed by atoms with Gasteiger partial charge in [0.2, 0.25) is 0 Å². The van der Waals surface area contributed by atoms with Gasteiger partial charge < -0.3 is 0 Å². The molecule has 0 aliphatic rings. The first-order chi connectivity index (χ1) is 1.41. The topological polar surface area (TPSA) is 0 Å². The van der Waals surface area contributed by atoms with Gasteiger partial charge >= 0.3 is 38.4 Å². The van der Waals surface area contributed by atoms with E-state index in [4.69, 9.17) is 16.6 Å². The van der Waals surface area contributed by atoms with Crippen molar-refractivity contribution in [3.8, 4) is 0 Å². The molecule has 0 aliphatic carbocycles. The van der Waals surface area contributed by atoms with E-state index < -0.39 is 21.8 Å². The van der Waals surface area contributed by atoms with Crippen LogP contribution in [0.1, 0.15) is 0 Å². The van der Waals surface area contributed by atoms with Crippen molar-refractivity contribution in [3.05, 3.63) is 0 Å². The van der Waals surface area contributed by atoms with Gasteiger partial charge in [0.05, 0.1) is 0 Å². The third kappa shape index (κ3) is 8.83. The Kier molecular flexibility index (Phi) is 21.9. The fourth-order valence-electron chi connectivity index (χ4n) is 0. The molecule has 6 radical (unpaired) electrons. The molecule has 0 nitrogen and oxygen atoms in total. The Hall–Kier alpha value is 2.42. The average molecular weight is 485 g/mol. The Bertz CT molecular complexity index is 4.00. The first-order valence-corrected chi connectivity index (χ1v) is 9.95. The second kappa shape index (κ2) is 9.05. The van der Waals surface area contributed by atoms with E-state index in [2.05, 4.69) is 0 Å². The molecule has 0 aromatic rings. The molecule has 0 aromatic heterocycles. The summed E-state index contributed by atoms with van der Waals surface area (Å²) in [5.74, 6) is 0. The Morgan fingerprint density at radius 3 is 1.25 bits per heavy atom. The molecule has 22 valence electrons. The molecule has 0 spiro atoms. The van der Waals surface area contributed by atoms with Gasteiger partial charge in [0.25, 0.3) is 0 Å². The monoisotopic (exact) mass is 486 g/mol. The van der Waals surface area contributed by atoms with Crippen molar-refractivity contribution in [1.82, 2.24) is 0 Å². The molecule has 0 saturated carbocycles.